The predicted octanol–water partition coefficient (Wildman–Crippen LogP) is 4.88. The van der Waals surface area contributed by atoms with Gasteiger partial charge in [-0.3, -0.25) is 9.20 Å². The van der Waals surface area contributed by atoms with Gasteiger partial charge in [-0.2, -0.15) is 13.2 Å². The molecule has 1 N–H and O–H groups in total. The van der Waals surface area contributed by atoms with Gasteiger partial charge in [0.1, 0.15) is 11.3 Å². The predicted molar refractivity (Wildman–Crippen MR) is 89.1 cm³/mol. The summed E-state index contributed by atoms with van der Waals surface area (Å²) in [4.78, 5) is 16.8. The monoisotopic (exact) mass is 367 g/mol. The molecule has 1 aromatic carbocycles. The van der Waals surface area contributed by atoms with Crippen molar-refractivity contribution < 1.29 is 18.0 Å². The number of amides is 1. The fraction of sp³-hybridized carbons (Fsp3) is 0.176. The second-order valence-corrected chi connectivity index (χ2v) is 5.96. The number of aryl methyl sites for hydroxylation is 1. The van der Waals surface area contributed by atoms with Crippen LogP contribution in [-0.4, -0.2) is 15.3 Å². The van der Waals surface area contributed by atoms with Crippen LogP contribution in [-0.2, 0) is 6.18 Å². The number of rotatable bonds is 2. The van der Waals surface area contributed by atoms with Crippen LogP contribution in [0.2, 0.25) is 5.02 Å². The third kappa shape index (κ3) is 3.19. The summed E-state index contributed by atoms with van der Waals surface area (Å²) in [6.07, 6.45) is -3.64. The minimum absolute atomic E-state index is 0.0421. The number of nitrogens with zero attached hydrogens (tertiary/aromatic N) is 2. The zero-order valence-corrected chi connectivity index (χ0v) is 14.0. The van der Waals surface area contributed by atoms with Gasteiger partial charge in [0.2, 0.25) is 0 Å². The van der Waals surface area contributed by atoms with Crippen LogP contribution in [0, 0.1) is 13.8 Å². The second-order valence-electron chi connectivity index (χ2n) is 5.56. The third-order valence-corrected chi connectivity index (χ3v) is 4.26. The van der Waals surface area contributed by atoms with Crippen molar-refractivity contribution in [1.82, 2.24) is 9.38 Å². The topological polar surface area (TPSA) is 46.4 Å². The lowest BCUT2D eigenvalue weighted by atomic mass is 10.2. The molecule has 0 aliphatic rings. The molecule has 2 heterocycles. The van der Waals surface area contributed by atoms with Crippen LogP contribution in [0.5, 0.6) is 0 Å². The molecule has 130 valence electrons. The Labute approximate surface area is 146 Å². The normalized spacial score (nSPS) is 11.8. The molecule has 0 atom stereocenters. The Morgan fingerprint density at radius 1 is 1.20 bits per heavy atom. The molecule has 2 aromatic heterocycles. The summed E-state index contributed by atoms with van der Waals surface area (Å²) in [5, 5.41) is 3.16. The van der Waals surface area contributed by atoms with Gasteiger partial charge in [0, 0.05) is 16.9 Å². The standard InChI is InChI=1S/C17H13ClF3N3O/c1-9-12(18)4-3-5-13(9)23-16(25)15-10(2)22-14-7-6-11(8-24(14)15)17(19,20)21/h3-8H,1-2H3,(H,23,25). The number of carbonyl (C=O) groups is 1. The highest BCUT2D eigenvalue weighted by molar-refractivity contribution is 6.31. The number of hydrogen-bond donors (Lipinski definition) is 1. The van der Waals surface area contributed by atoms with E-state index in [-0.39, 0.29) is 11.3 Å². The van der Waals surface area contributed by atoms with E-state index in [0.29, 0.717) is 22.0 Å². The lowest BCUT2D eigenvalue weighted by Crippen LogP contribution is -2.17. The van der Waals surface area contributed by atoms with E-state index in [0.717, 1.165) is 16.7 Å². The Morgan fingerprint density at radius 2 is 1.92 bits per heavy atom. The van der Waals surface area contributed by atoms with Gasteiger partial charge in [0.25, 0.3) is 5.91 Å². The van der Waals surface area contributed by atoms with Gasteiger partial charge in [-0.25, -0.2) is 4.98 Å². The quantitative estimate of drug-likeness (QED) is 0.702. The molecule has 25 heavy (non-hydrogen) atoms. The molecule has 0 saturated heterocycles. The van der Waals surface area contributed by atoms with Crippen LogP contribution in [0.25, 0.3) is 5.65 Å². The number of pyridine rings is 1. The van der Waals surface area contributed by atoms with Crippen LogP contribution < -0.4 is 5.32 Å². The summed E-state index contributed by atoms with van der Waals surface area (Å²) in [5.41, 5.74) is 0.930. The van der Waals surface area contributed by atoms with Crippen LogP contribution >= 0.6 is 11.6 Å². The Balaban J connectivity index is 2.06. The van der Waals surface area contributed by atoms with E-state index in [1.54, 1.807) is 32.0 Å². The Kier molecular flexibility index (Phi) is 4.20. The number of imidazole rings is 1. The largest absolute Gasteiger partial charge is 0.417 e. The molecule has 8 heteroatoms. The summed E-state index contributed by atoms with van der Waals surface area (Å²) in [5.74, 6) is -0.560. The molecule has 0 saturated carbocycles. The van der Waals surface area contributed by atoms with Crippen molar-refractivity contribution in [1.29, 1.82) is 0 Å². The molecule has 0 radical (unpaired) electrons. The van der Waals surface area contributed by atoms with Gasteiger partial charge in [-0.1, -0.05) is 17.7 Å². The number of fused-ring (bicyclic) bond motifs is 1. The zero-order valence-electron chi connectivity index (χ0n) is 13.3. The molecule has 0 fully saturated rings. The molecule has 0 unspecified atom stereocenters. The van der Waals surface area contributed by atoms with Crippen molar-refractivity contribution in [3.05, 3.63) is 64.1 Å². The van der Waals surface area contributed by atoms with Gasteiger partial charge in [-0.15, -0.1) is 0 Å². The first-order chi connectivity index (χ1) is 11.7. The maximum atomic E-state index is 13.0. The third-order valence-electron chi connectivity index (χ3n) is 3.85. The highest BCUT2D eigenvalue weighted by Gasteiger charge is 2.31. The number of nitrogens with one attached hydrogen (secondary N) is 1. The van der Waals surface area contributed by atoms with Crippen molar-refractivity contribution in [2.24, 2.45) is 0 Å². The van der Waals surface area contributed by atoms with E-state index in [4.69, 9.17) is 11.6 Å². The number of hydrogen-bond acceptors (Lipinski definition) is 2. The second kappa shape index (κ2) is 6.07. The van der Waals surface area contributed by atoms with Gasteiger partial charge < -0.3 is 5.32 Å². The van der Waals surface area contributed by atoms with Crippen LogP contribution in [0.15, 0.2) is 36.5 Å². The highest BCUT2D eigenvalue weighted by atomic mass is 35.5. The van der Waals surface area contributed by atoms with E-state index >= 15 is 0 Å². The van der Waals surface area contributed by atoms with Crippen LogP contribution in [0.3, 0.4) is 0 Å². The molecule has 1 amide bonds. The maximum absolute atomic E-state index is 13.0. The van der Waals surface area contributed by atoms with Gasteiger partial charge in [-0.05, 0) is 43.7 Å². The molecular weight excluding hydrogens is 355 g/mol. The number of benzene rings is 1. The van der Waals surface area contributed by atoms with Crippen molar-refractivity contribution >= 4 is 28.8 Å². The molecule has 0 spiro atoms. The number of anilines is 1. The maximum Gasteiger partial charge on any atom is 0.417 e. The lowest BCUT2D eigenvalue weighted by molar-refractivity contribution is -0.137. The van der Waals surface area contributed by atoms with Gasteiger partial charge in [0.05, 0.1) is 11.3 Å². The van der Waals surface area contributed by atoms with E-state index in [1.807, 2.05) is 0 Å². The number of aromatic nitrogens is 2. The minimum atomic E-state index is -4.51. The zero-order chi connectivity index (χ0) is 18.4. The molecule has 0 bridgehead atoms. The molecule has 3 rings (SSSR count). The SMILES string of the molecule is Cc1nc2ccc(C(F)(F)F)cn2c1C(=O)Nc1cccc(Cl)c1C. The first-order valence-electron chi connectivity index (χ1n) is 7.31. The van der Waals surface area contributed by atoms with Crippen molar-refractivity contribution in [2.75, 3.05) is 5.32 Å². The molecular formula is C17H13ClF3N3O. The van der Waals surface area contributed by atoms with Gasteiger partial charge in [0.15, 0.2) is 0 Å². The Morgan fingerprint density at radius 3 is 2.60 bits per heavy atom. The van der Waals surface area contributed by atoms with Crippen molar-refractivity contribution in [2.45, 2.75) is 20.0 Å². The fourth-order valence-corrected chi connectivity index (χ4v) is 2.70. The van der Waals surface area contributed by atoms with Crippen LogP contribution in [0.4, 0.5) is 18.9 Å². The van der Waals surface area contributed by atoms with Crippen molar-refractivity contribution in [3.63, 3.8) is 0 Å². The molecule has 3 aromatic rings. The molecule has 4 nitrogen and oxygen atoms in total. The molecule has 0 aliphatic heterocycles. The average Bonchev–Trinajstić information content (AvgIpc) is 2.85. The highest BCUT2D eigenvalue weighted by Crippen LogP contribution is 2.30. The average molecular weight is 368 g/mol. The summed E-state index contributed by atoms with van der Waals surface area (Å²) in [6, 6.07) is 7.19. The summed E-state index contributed by atoms with van der Waals surface area (Å²) < 4.78 is 40.0. The van der Waals surface area contributed by atoms with E-state index in [2.05, 4.69) is 10.3 Å². The van der Waals surface area contributed by atoms with E-state index in [9.17, 15) is 18.0 Å². The number of carbonyl (C=O) groups excluding carboxylic acids is 1. The van der Waals surface area contributed by atoms with Crippen LogP contribution in [0.1, 0.15) is 27.3 Å². The van der Waals surface area contributed by atoms with Crippen molar-refractivity contribution in [3.8, 4) is 0 Å². The van der Waals surface area contributed by atoms with Gasteiger partial charge >= 0.3 is 6.18 Å². The first kappa shape index (κ1) is 17.3. The number of halogens is 4. The van der Waals surface area contributed by atoms with E-state index in [1.165, 1.54) is 6.07 Å². The fourth-order valence-electron chi connectivity index (χ4n) is 2.53. The summed E-state index contributed by atoms with van der Waals surface area (Å²) >= 11 is 6.03. The Hall–Kier alpha value is -2.54. The minimum Gasteiger partial charge on any atom is -0.320 e. The van der Waals surface area contributed by atoms with E-state index < -0.39 is 17.6 Å². The first-order valence-corrected chi connectivity index (χ1v) is 7.68. The summed E-state index contributed by atoms with van der Waals surface area (Å²) in [6.45, 7) is 3.31. The Bertz CT molecular complexity index is 979. The number of alkyl halides is 3. The summed E-state index contributed by atoms with van der Waals surface area (Å²) in [7, 11) is 0. The lowest BCUT2D eigenvalue weighted by Gasteiger charge is -2.11. The smallest absolute Gasteiger partial charge is 0.320 e. The molecule has 0 aliphatic carbocycles.